The Kier molecular flexibility index (Phi) is 3.75. The molecule has 2 heteroatoms. The molecule has 0 nitrogen and oxygen atoms in total. The fraction of sp³-hybridized carbons (Fsp3) is 0. The van der Waals surface area contributed by atoms with Gasteiger partial charge in [0.15, 0.2) is 0 Å². The Morgan fingerprint density at radius 2 is 1.70 bits per heavy atom. The van der Waals surface area contributed by atoms with Crippen LogP contribution in [0.3, 0.4) is 0 Å². The third-order valence-corrected chi connectivity index (χ3v) is 2.71. The van der Waals surface area contributed by atoms with Crippen LogP contribution in [-0.2, 0) is 0 Å². The van der Waals surface area contributed by atoms with Crippen molar-refractivity contribution in [3.63, 3.8) is 0 Å². The highest BCUT2D eigenvalue weighted by molar-refractivity contribution is 14.1. The van der Waals surface area contributed by atoms with Gasteiger partial charge in [-0.2, -0.15) is 0 Å². The summed E-state index contributed by atoms with van der Waals surface area (Å²) in [6.45, 7) is 0. The number of hydrogen-bond donors (Lipinski definition) is 0. The van der Waals surface area contributed by atoms with Crippen LogP contribution in [0.2, 0.25) is 0 Å². The Labute approximate surface area is 78.4 Å². The Bertz CT molecular complexity index is 217. The molecule has 1 aromatic heterocycles. The second-order valence-corrected chi connectivity index (χ2v) is 4.53. The summed E-state index contributed by atoms with van der Waals surface area (Å²) in [5, 5.41) is 2.07. The molecule has 0 aliphatic carbocycles. The molecular formula is C8H7IS. The molecule has 1 rings (SSSR count). The lowest BCUT2D eigenvalue weighted by Gasteiger charge is -1.73. The first-order valence-corrected chi connectivity index (χ1v) is 4.88. The van der Waals surface area contributed by atoms with Gasteiger partial charge in [0.25, 0.3) is 0 Å². The molecule has 0 aliphatic heterocycles. The van der Waals surface area contributed by atoms with Crippen molar-refractivity contribution in [2.45, 2.75) is 0 Å². The first-order valence-electron chi connectivity index (χ1n) is 2.92. The molecule has 0 saturated carbocycles. The minimum Gasteiger partial charge on any atom is -0.138 e. The molecule has 0 bridgehead atoms. The molecule has 0 unspecified atom stereocenters. The van der Waals surface area contributed by atoms with Gasteiger partial charge < -0.3 is 0 Å². The van der Waals surface area contributed by atoms with E-state index < -0.39 is 0 Å². The monoisotopic (exact) mass is 262 g/mol. The highest BCUT2D eigenvalue weighted by atomic mass is 127. The zero-order valence-corrected chi connectivity index (χ0v) is 8.30. The smallest absolute Gasteiger partial charge is 0.0653 e. The van der Waals surface area contributed by atoms with E-state index in [4.69, 9.17) is 0 Å². The molecule has 0 radical (unpaired) electrons. The molecule has 0 atom stereocenters. The van der Waals surface area contributed by atoms with Crippen molar-refractivity contribution in [1.82, 2.24) is 0 Å². The minimum atomic E-state index is 1.29. The third kappa shape index (κ3) is 3.17. The van der Waals surface area contributed by atoms with E-state index in [0.29, 0.717) is 0 Å². The van der Waals surface area contributed by atoms with Crippen LogP contribution in [0.5, 0.6) is 0 Å². The molecule has 0 aromatic carbocycles. The van der Waals surface area contributed by atoms with Crippen LogP contribution in [-0.4, -0.2) is 0 Å². The Balaban J connectivity index is 3.13. The van der Waals surface area contributed by atoms with E-state index in [1.807, 2.05) is 30.3 Å². The van der Waals surface area contributed by atoms with Gasteiger partial charge in [0.05, 0.1) is 2.88 Å². The van der Waals surface area contributed by atoms with Crippen LogP contribution >= 0.6 is 33.9 Å². The minimum absolute atomic E-state index is 1.29. The van der Waals surface area contributed by atoms with E-state index in [2.05, 4.69) is 34.0 Å². The van der Waals surface area contributed by atoms with E-state index in [9.17, 15) is 0 Å². The third-order valence-electron chi connectivity index (χ3n) is 0.931. The quantitative estimate of drug-likeness (QED) is 0.628. The summed E-state index contributed by atoms with van der Waals surface area (Å²) < 4.78 is 1.29. The fourth-order valence-electron chi connectivity index (χ4n) is 0.513. The van der Waals surface area contributed by atoms with Crippen LogP contribution in [0, 0.1) is 2.88 Å². The van der Waals surface area contributed by atoms with Crippen LogP contribution < -0.4 is 0 Å². The molecule has 0 aliphatic rings. The molecule has 0 amide bonds. The Morgan fingerprint density at radius 1 is 1.00 bits per heavy atom. The van der Waals surface area contributed by atoms with Crippen LogP contribution in [0.1, 0.15) is 0 Å². The van der Waals surface area contributed by atoms with E-state index in [0.717, 1.165) is 0 Å². The van der Waals surface area contributed by atoms with Crippen LogP contribution in [0.4, 0.5) is 0 Å². The van der Waals surface area contributed by atoms with E-state index >= 15 is 0 Å². The lowest BCUT2D eigenvalue weighted by molar-refractivity contribution is 1.80. The van der Waals surface area contributed by atoms with E-state index in [1.54, 1.807) is 11.3 Å². The van der Waals surface area contributed by atoms with Crippen LogP contribution in [0.15, 0.2) is 41.8 Å². The van der Waals surface area contributed by atoms with Crippen molar-refractivity contribution in [3.05, 3.63) is 44.7 Å². The first kappa shape index (κ1) is 8.01. The van der Waals surface area contributed by atoms with Gasteiger partial charge in [-0.25, -0.2) is 0 Å². The lowest BCUT2D eigenvalue weighted by Crippen LogP contribution is -1.49. The average molecular weight is 262 g/mol. The Morgan fingerprint density at radius 3 is 2.60 bits per heavy atom. The summed E-state index contributed by atoms with van der Waals surface area (Å²) in [5.74, 6) is 0. The zero-order chi connectivity index (χ0) is 7.23. The van der Waals surface area contributed by atoms with Crippen molar-refractivity contribution in [2.24, 2.45) is 0 Å². The second-order valence-electron chi connectivity index (χ2n) is 1.69. The maximum absolute atomic E-state index is 2.31. The summed E-state index contributed by atoms with van der Waals surface area (Å²) >= 11 is 4.04. The summed E-state index contributed by atoms with van der Waals surface area (Å²) in [6, 6.07) is 12.2. The van der Waals surface area contributed by atoms with Gasteiger partial charge in [-0.1, -0.05) is 30.3 Å². The van der Waals surface area contributed by atoms with Crippen molar-refractivity contribution < 1.29 is 0 Å². The van der Waals surface area contributed by atoms with Gasteiger partial charge in [0.2, 0.25) is 0 Å². The largest absolute Gasteiger partial charge is 0.138 e. The van der Waals surface area contributed by atoms with Gasteiger partial charge in [-0.05, 0) is 34.0 Å². The van der Waals surface area contributed by atoms with Gasteiger partial charge in [-0.15, -0.1) is 11.3 Å². The molecule has 0 fully saturated rings. The molecule has 0 N–H and O–H groups in total. The first-order chi connectivity index (χ1) is 4.89. The highest BCUT2D eigenvalue weighted by Gasteiger charge is 1.73. The van der Waals surface area contributed by atoms with Crippen molar-refractivity contribution in [3.8, 4) is 0 Å². The molecule has 10 heavy (non-hydrogen) atoms. The molecule has 52 valence electrons. The predicted octanol–water partition coefficient (Wildman–Crippen LogP) is 3.48. The zero-order valence-electron chi connectivity index (χ0n) is 5.33. The van der Waals surface area contributed by atoms with E-state index in [-0.39, 0.29) is 0 Å². The van der Waals surface area contributed by atoms with Crippen molar-refractivity contribution in [1.29, 1.82) is 0 Å². The predicted molar refractivity (Wildman–Crippen MR) is 54.7 cm³/mol. The Hall–Kier alpha value is -0.0900. The number of rotatable bonds is 0. The molecular weight excluding hydrogens is 255 g/mol. The molecule has 0 saturated heterocycles. The normalized spacial score (nSPS) is 8.50. The summed E-state index contributed by atoms with van der Waals surface area (Å²) in [4.78, 5) is 0. The van der Waals surface area contributed by atoms with Crippen molar-refractivity contribution >= 4 is 33.9 Å². The maximum Gasteiger partial charge on any atom is 0.0653 e. The van der Waals surface area contributed by atoms with Gasteiger partial charge in [0, 0.05) is 0 Å². The summed E-state index contributed by atoms with van der Waals surface area (Å²) in [5.41, 5.74) is 0. The SMILES string of the molecule is Ic1cccccccs1. The van der Waals surface area contributed by atoms with Crippen molar-refractivity contribution in [2.75, 3.05) is 0 Å². The topological polar surface area (TPSA) is 0 Å². The van der Waals surface area contributed by atoms with Gasteiger partial charge in [0.1, 0.15) is 0 Å². The van der Waals surface area contributed by atoms with E-state index in [1.165, 1.54) is 2.88 Å². The maximum atomic E-state index is 2.31. The molecule has 1 aromatic rings. The van der Waals surface area contributed by atoms with Gasteiger partial charge >= 0.3 is 0 Å². The van der Waals surface area contributed by atoms with Crippen LogP contribution in [0.25, 0.3) is 0 Å². The molecule has 0 spiro atoms. The standard InChI is InChI=1S/C8H7IS/c9-8-6-4-2-1-3-5-7-10-8/h1-7H. The lowest BCUT2D eigenvalue weighted by atomic mass is 10.5. The fourth-order valence-corrected chi connectivity index (χ4v) is 1.62. The summed E-state index contributed by atoms with van der Waals surface area (Å²) in [7, 11) is 0. The second kappa shape index (κ2) is 4.68. The van der Waals surface area contributed by atoms with Gasteiger partial charge in [-0.3, -0.25) is 0 Å². The number of halogens is 1. The number of hydrogen-bond acceptors (Lipinski definition) is 1. The summed E-state index contributed by atoms with van der Waals surface area (Å²) in [6.07, 6.45) is 0. The molecule has 1 heterocycles. The average Bonchev–Trinajstić information content (AvgIpc) is 2.02. The highest BCUT2D eigenvalue weighted by Crippen LogP contribution is 2.05.